The number of ether oxygens (including phenoxy) is 1. The van der Waals surface area contributed by atoms with E-state index in [1.54, 1.807) is 11.8 Å². The SMILES string of the molecule is CC(Oc1ccc(S(=O)(=O)N2CCCC2)cc1[N+](=O)[O-])C(=O)N1CCCC1. The lowest BCUT2D eigenvalue weighted by Crippen LogP contribution is -2.38. The number of carbonyl (C=O) groups is 1. The van der Waals surface area contributed by atoms with Crippen molar-refractivity contribution >= 4 is 21.6 Å². The van der Waals surface area contributed by atoms with E-state index in [0.717, 1.165) is 31.7 Å². The predicted octanol–water partition coefficient (Wildman–Crippen LogP) is 1.77. The summed E-state index contributed by atoms with van der Waals surface area (Å²) in [5.41, 5.74) is -0.462. The summed E-state index contributed by atoms with van der Waals surface area (Å²) in [6.07, 6.45) is 2.53. The molecule has 148 valence electrons. The molecule has 1 unspecified atom stereocenters. The number of rotatable bonds is 6. The summed E-state index contributed by atoms with van der Waals surface area (Å²) in [7, 11) is -3.77. The maximum absolute atomic E-state index is 12.6. The quantitative estimate of drug-likeness (QED) is 0.534. The molecule has 0 aromatic heterocycles. The highest BCUT2D eigenvalue weighted by molar-refractivity contribution is 7.89. The summed E-state index contributed by atoms with van der Waals surface area (Å²) in [6.45, 7) is 3.67. The average molecular weight is 397 g/mol. The fraction of sp³-hybridized carbons (Fsp3) is 0.588. The molecule has 1 atom stereocenters. The summed E-state index contributed by atoms with van der Waals surface area (Å²) >= 11 is 0. The van der Waals surface area contributed by atoms with Crippen molar-refractivity contribution in [1.82, 2.24) is 9.21 Å². The number of nitro groups is 1. The minimum Gasteiger partial charge on any atom is -0.474 e. The molecule has 0 aliphatic carbocycles. The molecule has 27 heavy (non-hydrogen) atoms. The second kappa shape index (κ2) is 7.81. The van der Waals surface area contributed by atoms with Gasteiger partial charge in [-0.1, -0.05) is 0 Å². The predicted molar refractivity (Wildman–Crippen MR) is 97.0 cm³/mol. The van der Waals surface area contributed by atoms with E-state index in [1.165, 1.54) is 16.4 Å². The van der Waals surface area contributed by atoms with Crippen molar-refractivity contribution in [3.8, 4) is 5.75 Å². The molecule has 2 fully saturated rings. The van der Waals surface area contributed by atoms with Crippen LogP contribution in [0.3, 0.4) is 0 Å². The first-order chi connectivity index (χ1) is 12.8. The van der Waals surface area contributed by atoms with E-state index in [4.69, 9.17) is 4.74 Å². The summed E-state index contributed by atoms with van der Waals surface area (Å²) in [6, 6.07) is 3.56. The molecule has 10 heteroatoms. The molecule has 3 rings (SSSR count). The largest absolute Gasteiger partial charge is 0.474 e. The Morgan fingerprint density at radius 2 is 1.74 bits per heavy atom. The number of benzene rings is 1. The first-order valence-electron chi connectivity index (χ1n) is 9.05. The van der Waals surface area contributed by atoms with Gasteiger partial charge in [0.2, 0.25) is 10.0 Å². The smallest absolute Gasteiger partial charge is 0.312 e. The number of nitrogens with zero attached hydrogens (tertiary/aromatic N) is 3. The lowest BCUT2D eigenvalue weighted by Gasteiger charge is -2.21. The van der Waals surface area contributed by atoms with Crippen LogP contribution in [0.25, 0.3) is 0 Å². The Bertz CT molecular complexity index is 829. The number of amides is 1. The van der Waals surface area contributed by atoms with Gasteiger partial charge >= 0.3 is 5.69 Å². The number of likely N-dealkylation sites (tertiary alicyclic amines) is 1. The van der Waals surface area contributed by atoms with Crippen molar-refractivity contribution in [1.29, 1.82) is 0 Å². The van der Waals surface area contributed by atoms with Crippen LogP contribution in [0.15, 0.2) is 23.1 Å². The highest BCUT2D eigenvalue weighted by Gasteiger charge is 2.31. The third-order valence-electron chi connectivity index (χ3n) is 4.90. The third-order valence-corrected chi connectivity index (χ3v) is 6.79. The molecule has 2 aliphatic heterocycles. The molecule has 0 saturated carbocycles. The summed E-state index contributed by atoms with van der Waals surface area (Å²) < 4.78 is 32.1. The molecule has 1 amide bonds. The molecule has 1 aromatic carbocycles. The van der Waals surface area contributed by atoms with E-state index < -0.39 is 26.7 Å². The van der Waals surface area contributed by atoms with Crippen LogP contribution in [0, 0.1) is 10.1 Å². The van der Waals surface area contributed by atoms with Crippen molar-refractivity contribution in [2.24, 2.45) is 0 Å². The fourth-order valence-corrected chi connectivity index (χ4v) is 4.95. The van der Waals surface area contributed by atoms with Gasteiger partial charge in [-0.2, -0.15) is 4.31 Å². The van der Waals surface area contributed by atoms with Crippen LogP contribution in [0.1, 0.15) is 32.6 Å². The van der Waals surface area contributed by atoms with E-state index in [1.807, 2.05) is 0 Å². The molecule has 2 aliphatic rings. The van der Waals surface area contributed by atoms with Gasteiger partial charge in [-0.15, -0.1) is 0 Å². The Kier molecular flexibility index (Phi) is 5.66. The van der Waals surface area contributed by atoms with Gasteiger partial charge in [0.1, 0.15) is 0 Å². The second-order valence-corrected chi connectivity index (χ2v) is 8.73. The van der Waals surface area contributed by atoms with Gasteiger partial charge in [-0.05, 0) is 44.7 Å². The highest BCUT2D eigenvalue weighted by atomic mass is 32.2. The molecular weight excluding hydrogens is 374 g/mol. The van der Waals surface area contributed by atoms with Crippen molar-refractivity contribution in [3.63, 3.8) is 0 Å². The van der Waals surface area contributed by atoms with Crippen LogP contribution in [-0.4, -0.2) is 60.7 Å². The van der Waals surface area contributed by atoms with Gasteiger partial charge in [-0.3, -0.25) is 14.9 Å². The lowest BCUT2D eigenvalue weighted by molar-refractivity contribution is -0.386. The van der Waals surface area contributed by atoms with E-state index >= 15 is 0 Å². The van der Waals surface area contributed by atoms with Crippen LogP contribution in [0.5, 0.6) is 5.75 Å². The highest BCUT2D eigenvalue weighted by Crippen LogP contribution is 2.32. The van der Waals surface area contributed by atoms with Crippen LogP contribution >= 0.6 is 0 Å². The zero-order chi connectivity index (χ0) is 19.6. The Labute approximate surface area is 158 Å². The molecule has 2 saturated heterocycles. The molecule has 0 radical (unpaired) electrons. The molecule has 2 heterocycles. The Balaban J connectivity index is 1.83. The van der Waals surface area contributed by atoms with Crippen molar-refractivity contribution in [2.45, 2.75) is 43.6 Å². The summed E-state index contributed by atoms with van der Waals surface area (Å²) in [5, 5.41) is 11.5. The normalized spacial score (nSPS) is 19.2. The Morgan fingerprint density at radius 1 is 1.15 bits per heavy atom. The number of hydrogen-bond donors (Lipinski definition) is 0. The van der Waals surface area contributed by atoms with Crippen molar-refractivity contribution in [3.05, 3.63) is 28.3 Å². The summed E-state index contributed by atoms with van der Waals surface area (Å²) in [5.74, 6) is -0.337. The second-order valence-electron chi connectivity index (χ2n) is 6.79. The number of hydrogen-bond acceptors (Lipinski definition) is 6. The monoisotopic (exact) mass is 397 g/mol. The zero-order valence-corrected chi connectivity index (χ0v) is 16.0. The molecule has 1 aromatic rings. The van der Waals surface area contributed by atoms with Crippen LogP contribution < -0.4 is 4.74 Å². The fourth-order valence-electron chi connectivity index (χ4n) is 3.41. The summed E-state index contributed by atoms with van der Waals surface area (Å²) in [4.78, 5) is 24.7. The van der Waals surface area contributed by atoms with Crippen molar-refractivity contribution < 1.29 is 22.9 Å². The van der Waals surface area contributed by atoms with E-state index in [-0.39, 0.29) is 16.6 Å². The molecule has 0 N–H and O–H groups in total. The lowest BCUT2D eigenvalue weighted by atomic mass is 10.3. The zero-order valence-electron chi connectivity index (χ0n) is 15.2. The minimum atomic E-state index is -3.77. The molecule has 0 spiro atoms. The van der Waals surface area contributed by atoms with E-state index in [9.17, 15) is 23.3 Å². The number of sulfonamides is 1. The van der Waals surface area contributed by atoms with E-state index in [2.05, 4.69) is 0 Å². The van der Waals surface area contributed by atoms with Gasteiger partial charge in [-0.25, -0.2) is 8.42 Å². The van der Waals surface area contributed by atoms with Crippen molar-refractivity contribution in [2.75, 3.05) is 26.2 Å². The first-order valence-corrected chi connectivity index (χ1v) is 10.5. The Hall–Kier alpha value is -2.20. The Morgan fingerprint density at radius 3 is 2.33 bits per heavy atom. The maximum Gasteiger partial charge on any atom is 0.312 e. The first kappa shape index (κ1) is 19.6. The van der Waals surface area contributed by atoms with Crippen LogP contribution in [0.4, 0.5) is 5.69 Å². The number of carbonyl (C=O) groups excluding carboxylic acids is 1. The van der Waals surface area contributed by atoms with Gasteiger partial charge in [0.05, 0.1) is 9.82 Å². The molecule has 9 nitrogen and oxygen atoms in total. The molecule has 0 bridgehead atoms. The van der Waals surface area contributed by atoms with Gasteiger partial charge in [0.15, 0.2) is 11.9 Å². The van der Waals surface area contributed by atoms with Crippen LogP contribution in [0.2, 0.25) is 0 Å². The molecular formula is C17H23N3O6S. The van der Waals surface area contributed by atoms with Gasteiger partial charge in [0.25, 0.3) is 5.91 Å². The van der Waals surface area contributed by atoms with E-state index in [0.29, 0.717) is 26.2 Å². The van der Waals surface area contributed by atoms with Crippen LogP contribution in [-0.2, 0) is 14.8 Å². The maximum atomic E-state index is 12.6. The number of nitro benzene ring substituents is 1. The average Bonchev–Trinajstić information content (AvgIpc) is 3.34. The third kappa shape index (κ3) is 4.06. The standard InChI is InChI=1S/C17H23N3O6S/c1-13(17(21)18-8-2-3-9-18)26-16-7-6-14(12-15(16)20(22)23)27(24,25)19-10-4-5-11-19/h6-7,12-13H,2-5,8-11H2,1H3. The van der Waals surface area contributed by atoms with Gasteiger partial charge in [0, 0.05) is 32.2 Å². The van der Waals surface area contributed by atoms with Gasteiger partial charge < -0.3 is 9.64 Å². The minimum absolute atomic E-state index is 0.111. The topological polar surface area (TPSA) is 110 Å².